The van der Waals surface area contributed by atoms with E-state index in [-0.39, 0.29) is 29.3 Å². The van der Waals surface area contributed by atoms with Crippen molar-refractivity contribution >= 4 is 32.6 Å². The maximum Gasteiger partial charge on any atom is 0.210 e. The summed E-state index contributed by atoms with van der Waals surface area (Å²) in [5.41, 5.74) is 1.15. The van der Waals surface area contributed by atoms with E-state index in [0.29, 0.717) is 48.1 Å². The van der Waals surface area contributed by atoms with E-state index < -0.39 is 21.5 Å². The molecule has 1 aliphatic heterocycles. The Balaban J connectivity index is 1.51. The Morgan fingerprint density at radius 3 is 2.50 bits per heavy atom. The third-order valence-electron chi connectivity index (χ3n) is 6.84. The highest BCUT2D eigenvalue weighted by Gasteiger charge is 2.29. The van der Waals surface area contributed by atoms with Crippen molar-refractivity contribution in [1.29, 1.82) is 0 Å². The van der Waals surface area contributed by atoms with E-state index >= 15 is 0 Å². The summed E-state index contributed by atoms with van der Waals surface area (Å²) in [5.74, 6) is 0.0579. The van der Waals surface area contributed by atoms with Crippen LogP contribution in [0.4, 0.5) is 20.4 Å². The van der Waals surface area contributed by atoms with Crippen LogP contribution in [-0.2, 0) is 16.3 Å². The monoisotopic (exact) mass is 491 g/mol. The van der Waals surface area contributed by atoms with Crippen molar-refractivity contribution in [2.24, 2.45) is 5.92 Å². The van der Waals surface area contributed by atoms with Gasteiger partial charge in [-0.1, -0.05) is 0 Å². The van der Waals surface area contributed by atoms with Crippen LogP contribution in [0.1, 0.15) is 50.4 Å². The second-order valence-electron chi connectivity index (χ2n) is 9.31. The van der Waals surface area contributed by atoms with Crippen molar-refractivity contribution in [2.45, 2.75) is 57.1 Å². The predicted molar refractivity (Wildman–Crippen MR) is 124 cm³/mol. The molecule has 8 nitrogen and oxygen atoms in total. The number of fused-ring (bicyclic) bond motifs is 1. The molecule has 1 saturated carbocycles. The van der Waals surface area contributed by atoms with Gasteiger partial charge in [-0.25, -0.2) is 32.2 Å². The fourth-order valence-corrected chi connectivity index (χ4v) is 6.38. The van der Waals surface area contributed by atoms with Crippen LogP contribution >= 0.6 is 0 Å². The smallest absolute Gasteiger partial charge is 0.210 e. The number of nitrogens with one attached hydrogen (secondary N) is 1. The van der Waals surface area contributed by atoms with Crippen LogP contribution in [-0.4, -0.2) is 50.7 Å². The molecular weight excluding hydrogens is 464 g/mol. The molecule has 0 spiro atoms. The van der Waals surface area contributed by atoms with E-state index in [0.717, 1.165) is 37.8 Å². The first-order chi connectivity index (χ1) is 16.3. The fourth-order valence-electron chi connectivity index (χ4n) is 4.91. The van der Waals surface area contributed by atoms with Gasteiger partial charge < -0.3 is 10.4 Å². The van der Waals surface area contributed by atoms with Gasteiger partial charge in [-0.2, -0.15) is 0 Å². The van der Waals surface area contributed by atoms with Gasteiger partial charge in [0, 0.05) is 18.5 Å². The summed E-state index contributed by atoms with van der Waals surface area (Å²) in [6.07, 6.45) is 6.27. The van der Waals surface area contributed by atoms with Gasteiger partial charge in [0.1, 0.15) is 32.8 Å². The van der Waals surface area contributed by atoms with Gasteiger partial charge in [-0.05, 0) is 56.6 Å². The number of hydrogen-bond donors (Lipinski definition) is 2. The third-order valence-corrected chi connectivity index (χ3v) is 8.55. The predicted octanol–water partition coefficient (Wildman–Crippen LogP) is 3.69. The first kappa shape index (κ1) is 23.1. The molecular formula is C23H27F2N5O3S. The van der Waals surface area contributed by atoms with Crippen LogP contribution < -0.4 is 5.32 Å². The Morgan fingerprint density at radius 2 is 1.79 bits per heavy atom. The first-order valence-electron chi connectivity index (χ1n) is 11.6. The van der Waals surface area contributed by atoms with Gasteiger partial charge in [0.25, 0.3) is 0 Å². The van der Waals surface area contributed by atoms with Gasteiger partial charge in [0.05, 0.1) is 29.5 Å². The molecule has 2 N–H and O–H groups in total. The number of benzene rings is 1. The highest BCUT2D eigenvalue weighted by molar-refractivity contribution is 7.91. The number of halogens is 2. The average Bonchev–Trinajstić information content (AvgIpc) is 3.14. The molecule has 0 radical (unpaired) electrons. The fraction of sp³-hybridized carbons (Fsp3) is 0.522. The SMILES string of the molecule is O=S1(=O)CCC(n2c(Nc3ccc(F)cc3F)nc3cnc(CC4CCC(O)CC4)nc32)CC1. The largest absolute Gasteiger partial charge is 0.393 e. The zero-order valence-electron chi connectivity index (χ0n) is 18.6. The van der Waals surface area contributed by atoms with E-state index in [1.54, 1.807) is 6.20 Å². The summed E-state index contributed by atoms with van der Waals surface area (Å²) >= 11 is 0. The lowest BCUT2D eigenvalue weighted by atomic mass is 9.85. The molecule has 11 heteroatoms. The van der Waals surface area contributed by atoms with Crippen molar-refractivity contribution < 1.29 is 22.3 Å². The van der Waals surface area contributed by atoms with Crippen LogP contribution in [0.5, 0.6) is 0 Å². The molecule has 3 heterocycles. The van der Waals surface area contributed by atoms with Crippen molar-refractivity contribution in [3.8, 4) is 0 Å². The van der Waals surface area contributed by atoms with Gasteiger partial charge >= 0.3 is 0 Å². The van der Waals surface area contributed by atoms with E-state index in [9.17, 15) is 22.3 Å². The van der Waals surface area contributed by atoms with Gasteiger partial charge in [-0.3, -0.25) is 4.57 Å². The number of hydrogen-bond acceptors (Lipinski definition) is 7. The summed E-state index contributed by atoms with van der Waals surface area (Å²) in [6, 6.07) is 3.06. The van der Waals surface area contributed by atoms with E-state index in [1.165, 1.54) is 6.07 Å². The topological polar surface area (TPSA) is 110 Å². The number of sulfone groups is 1. The van der Waals surface area contributed by atoms with E-state index in [2.05, 4.69) is 15.3 Å². The van der Waals surface area contributed by atoms with Crippen molar-refractivity contribution in [3.05, 3.63) is 41.9 Å². The zero-order valence-corrected chi connectivity index (χ0v) is 19.4. The Labute approximate surface area is 196 Å². The minimum atomic E-state index is -3.08. The molecule has 3 aromatic rings. The Bertz CT molecular complexity index is 1290. The number of aromatic nitrogens is 4. The number of nitrogens with zero attached hydrogens (tertiary/aromatic N) is 4. The molecule has 0 amide bonds. The minimum Gasteiger partial charge on any atom is -0.393 e. The molecule has 182 valence electrons. The quantitative estimate of drug-likeness (QED) is 0.560. The molecule has 0 bridgehead atoms. The normalized spacial score (nSPS) is 23.3. The number of aliphatic hydroxyl groups excluding tert-OH is 1. The molecule has 1 aromatic carbocycles. The van der Waals surface area contributed by atoms with E-state index in [1.807, 2.05) is 4.57 Å². The highest BCUT2D eigenvalue weighted by Crippen LogP contribution is 2.33. The van der Waals surface area contributed by atoms with Crippen LogP contribution in [0.2, 0.25) is 0 Å². The highest BCUT2D eigenvalue weighted by atomic mass is 32.2. The molecule has 34 heavy (non-hydrogen) atoms. The maximum absolute atomic E-state index is 14.4. The third kappa shape index (κ3) is 4.90. The van der Waals surface area contributed by atoms with Crippen LogP contribution in [0.15, 0.2) is 24.4 Å². The lowest BCUT2D eigenvalue weighted by Gasteiger charge is -2.26. The molecule has 5 rings (SSSR count). The second kappa shape index (κ2) is 9.18. The summed E-state index contributed by atoms with van der Waals surface area (Å²) in [7, 11) is -3.08. The number of aliphatic hydroxyl groups is 1. The Morgan fingerprint density at radius 1 is 1.06 bits per heavy atom. The molecule has 2 aliphatic rings. The molecule has 1 saturated heterocycles. The van der Waals surface area contributed by atoms with Crippen LogP contribution in [0, 0.1) is 17.6 Å². The number of imidazole rings is 1. The number of anilines is 2. The van der Waals surface area contributed by atoms with Crippen LogP contribution in [0.3, 0.4) is 0 Å². The number of rotatable bonds is 5. The lowest BCUT2D eigenvalue weighted by Crippen LogP contribution is -2.26. The minimum absolute atomic E-state index is 0.0596. The standard InChI is InChI=1S/C23H27F2N5O3S/c24-15-3-6-19(18(25)12-15)27-23-28-20-13-26-21(11-14-1-4-17(31)5-2-14)29-22(20)30(23)16-7-9-34(32,33)10-8-16/h3,6,12-14,16-17,31H,1-2,4-5,7-11H2,(H,27,28). The van der Waals surface area contributed by atoms with Gasteiger partial charge in [0.15, 0.2) is 5.65 Å². The molecule has 2 fully saturated rings. The maximum atomic E-state index is 14.4. The average molecular weight is 492 g/mol. The van der Waals surface area contributed by atoms with Crippen molar-refractivity contribution in [1.82, 2.24) is 19.5 Å². The first-order valence-corrected chi connectivity index (χ1v) is 13.4. The summed E-state index contributed by atoms with van der Waals surface area (Å²) < 4.78 is 53.6. The van der Waals surface area contributed by atoms with Crippen molar-refractivity contribution in [2.75, 3.05) is 16.8 Å². The van der Waals surface area contributed by atoms with Gasteiger partial charge in [-0.15, -0.1) is 0 Å². The van der Waals surface area contributed by atoms with Crippen molar-refractivity contribution in [3.63, 3.8) is 0 Å². The summed E-state index contributed by atoms with van der Waals surface area (Å²) in [6.45, 7) is 0. The molecule has 2 aromatic heterocycles. The Kier molecular flexibility index (Phi) is 6.24. The summed E-state index contributed by atoms with van der Waals surface area (Å²) in [5, 5.41) is 12.7. The Hall–Kier alpha value is -2.66. The van der Waals surface area contributed by atoms with Gasteiger partial charge in [0.2, 0.25) is 5.95 Å². The molecule has 0 atom stereocenters. The second-order valence-corrected chi connectivity index (χ2v) is 11.6. The van der Waals surface area contributed by atoms with E-state index in [4.69, 9.17) is 4.98 Å². The van der Waals surface area contributed by atoms with Crippen LogP contribution in [0.25, 0.3) is 11.2 Å². The molecule has 1 aliphatic carbocycles. The summed E-state index contributed by atoms with van der Waals surface area (Å²) in [4.78, 5) is 13.8. The molecule has 0 unspecified atom stereocenters. The lowest BCUT2D eigenvalue weighted by molar-refractivity contribution is 0.108. The zero-order chi connectivity index (χ0) is 23.9.